The Morgan fingerprint density at radius 3 is 0.551 bits per heavy atom. The van der Waals surface area contributed by atoms with E-state index in [4.69, 9.17) is 28.4 Å². The van der Waals surface area contributed by atoms with E-state index in [-0.39, 0.29) is 77.9 Å². The lowest BCUT2D eigenvalue weighted by molar-refractivity contribution is 0.121. The number of rotatable bonds is 9. The molecule has 0 saturated carbocycles. The molecule has 0 aliphatic heterocycles. The molecule has 12 aromatic carbocycles. The molecule has 0 N–H and O–H groups in total. The van der Waals surface area contributed by atoms with Crippen molar-refractivity contribution in [1.82, 2.24) is 0 Å². The van der Waals surface area contributed by atoms with Crippen molar-refractivity contribution in [3.63, 3.8) is 0 Å². The maximum Gasteiger partial charge on any atom is 0.202 e. The van der Waals surface area contributed by atoms with Crippen LogP contribution in [0, 0.1) is 167 Å². The third-order valence-electron chi connectivity index (χ3n) is 18.0. The summed E-state index contributed by atoms with van der Waals surface area (Å²) in [7, 11) is 0. The molecule has 0 radical (unpaired) electrons. The third-order valence-corrected chi connectivity index (χ3v) is 18.0. The molecular formula is C88H74F24O6. The first-order valence-electron chi connectivity index (χ1n) is 35.9. The van der Waals surface area contributed by atoms with Crippen molar-refractivity contribution < 1.29 is 134 Å². The summed E-state index contributed by atoms with van der Waals surface area (Å²) in [5, 5.41) is -10.9. The van der Waals surface area contributed by atoms with Gasteiger partial charge in [0.25, 0.3) is 0 Å². The lowest BCUT2D eigenvalue weighted by atomic mass is 9.88. The highest BCUT2D eigenvalue weighted by atomic mass is 19.2. The lowest BCUT2D eigenvalue weighted by Crippen LogP contribution is -2.26. The van der Waals surface area contributed by atoms with Gasteiger partial charge >= 0.3 is 0 Å². The molecule has 0 spiro atoms. The average molecular weight is 1680 g/mol. The summed E-state index contributed by atoms with van der Waals surface area (Å²) >= 11 is 0. The molecule has 0 aliphatic rings. The second kappa shape index (κ2) is 30.9. The molecule has 0 saturated heterocycles. The zero-order valence-corrected chi connectivity index (χ0v) is 67.1. The van der Waals surface area contributed by atoms with Crippen molar-refractivity contribution in [2.75, 3.05) is 0 Å². The maximum atomic E-state index is 16.2. The van der Waals surface area contributed by atoms with Gasteiger partial charge in [0.15, 0.2) is 116 Å². The molecule has 0 bridgehead atoms. The van der Waals surface area contributed by atoms with E-state index in [1.807, 2.05) is 41.5 Å². The normalized spacial score (nSPS) is 12.5. The van der Waals surface area contributed by atoms with Crippen LogP contribution < -0.4 is 28.4 Å². The molecule has 0 heterocycles. The van der Waals surface area contributed by atoms with Crippen molar-refractivity contribution in [3.8, 4) is 67.9 Å². The monoisotopic (exact) mass is 1680 g/mol. The second-order valence-corrected chi connectivity index (χ2v) is 33.7. The SMILES string of the molecule is CC(C)(C)Oc1c(F)c(F)c2c(F)c(F)c(F)c(F)c2c1-c1c(OC(C)(C)C)c(F)c(F)c2c(F)c(F)c(F)c(F)c12.CC(C)(C)Oc1ccc2c(F)c(F)c(F)c(F)c2c1-c1c(OC(C)(C)C)ccc2c(F)c(F)c(F)c(F)c12.Cc1c(C)c(F)c2c(-c3c(OC(C)(C)C)ccc4c(F)c(C)c(C)c(F)c34)c(OC(C)(C)C)ccc2c1F. The highest BCUT2D eigenvalue weighted by Gasteiger charge is 2.42. The van der Waals surface area contributed by atoms with Gasteiger partial charge < -0.3 is 28.4 Å². The van der Waals surface area contributed by atoms with Crippen LogP contribution >= 0.6 is 0 Å². The summed E-state index contributed by atoms with van der Waals surface area (Å²) in [4.78, 5) is 0. The maximum absolute atomic E-state index is 16.2. The Morgan fingerprint density at radius 2 is 0.331 bits per heavy atom. The van der Waals surface area contributed by atoms with Gasteiger partial charge in [-0.05, 0) is 223 Å². The fourth-order valence-electron chi connectivity index (χ4n) is 13.2. The van der Waals surface area contributed by atoms with E-state index >= 15 is 52.7 Å². The first kappa shape index (κ1) is 89.7. The molecule has 12 aromatic rings. The fourth-order valence-corrected chi connectivity index (χ4v) is 13.2. The summed E-state index contributed by atoms with van der Waals surface area (Å²) < 4.78 is 396. The topological polar surface area (TPSA) is 55.4 Å². The van der Waals surface area contributed by atoms with Gasteiger partial charge in [-0.2, -0.15) is 8.78 Å². The molecule has 12 rings (SSSR count). The van der Waals surface area contributed by atoms with E-state index < -0.39 is 250 Å². The molecule has 0 atom stereocenters. The molecule has 0 unspecified atom stereocenters. The number of benzene rings is 12. The highest BCUT2D eigenvalue weighted by Crippen LogP contribution is 2.57. The van der Waals surface area contributed by atoms with Gasteiger partial charge in [0.2, 0.25) is 11.6 Å². The van der Waals surface area contributed by atoms with E-state index in [2.05, 4.69) is 0 Å². The molecule has 6 nitrogen and oxygen atoms in total. The molecule has 0 aromatic heterocycles. The van der Waals surface area contributed by atoms with Crippen molar-refractivity contribution in [2.24, 2.45) is 0 Å². The van der Waals surface area contributed by atoms with Crippen LogP contribution in [0.15, 0.2) is 48.5 Å². The van der Waals surface area contributed by atoms with Gasteiger partial charge in [-0.15, -0.1) is 0 Å². The van der Waals surface area contributed by atoms with Crippen LogP contribution in [0.4, 0.5) is 105 Å². The van der Waals surface area contributed by atoms with Gasteiger partial charge in [-0.3, -0.25) is 0 Å². The van der Waals surface area contributed by atoms with E-state index in [0.717, 1.165) is 24.3 Å². The summed E-state index contributed by atoms with van der Waals surface area (Å²) in [5.41, 5.74) is -10.3. The van der Waals surface area contributed by atoms with E-state index in [9.17, 15) is 52.7 Å². The molecular weight excluding hydrogens is 1610 g/mol. The molecule has 0 amide bonds. The minimum absolute atomic E-state index is 0.0188. The predicted octanol–water partition coefficient (Wildman–Crippen LogP) is 28.6. The second-order valence-electron chi connectivity index (χ2n) is 33.7. The minimum Gasteiger partial charge on any atom is -0.487 e. The minimum atomic E-state index is -2.62. The lowest BCUT2D eigenvalue weighted by Gasteiger charge is -2.29. The number of hydrogen-bond acceptors (Lipinski definition) is 6. The van der Waals surface area contributed by atoms with Crippen LogP contribution in [0.2, 0.25) is 0 Å². The zero-order valence-electron chi connectivity index (χ0n) is 67.1. The quantitative estimate of drug-likeness (QED) is 0.0815. The van der Waals surface area contributed by atoms with Crippen molar-refractivity contribution >= 4 is 64.6 Å². The van der Waals surface area contributed by atoms with Crippen LogP contribution in [0.1, 0.15) is 147 Å². The van der Waals surface area contributed by atoms with Gasteiger partial charge in [-0.1, -0.05) is 0 Å². The highest BCUT2D eigenvalue weighted by molar-refractivity contribution is 6.14. The van der Waals surface area contributed by atoms with Gasteiger partial charge in [0, 0.05) is 87.2 Å². The summed E-state index contributed by atoms with van der Waals surface area (Å²) in [6.07, 6.45) is 0. The smallest absolute Gasteiger partial charge is 0.202 e. The van der Waals surface area contributed by atoms with Crippen molar-refractivity contribution in [2.45, 2.75) is 186 Å². The molecule has 118 heavy (non-hydrogen) atoms. The summed E-state index contributed by atoms with van der Waals surface area (Å²) in [6, 6.07) is 10.1. The van der Waals surface area contributed by atoms with Crippen LogP contribution in [0.25, 0.3) is 98.0 Å². The van der Waals surface area contributed by atoms with E-state index in [1.54, 1.807) is 53.7 Å². The number of fused-ring (bicyclic) bond motifs is 6. The van der Waals surface area contributed by atoms with Gasteiger partial charge in [0.05, 0.1) is 10.8 Å². The van der Waals surface area contributed by atoms with Crippen LogP contribution in [0.5, 0.6) is 34.5 Å². The Morgan fingerprint density at radius 1 is 0.161 bits per heavy atom. The Labute approximate surface area is 660 Å². The van der Waals surface area contributed by atoms with Crippen LogP contribution in [-0.4, -0.2) is 33.6 Å². The standard InChI is InChI=1S/C32H34F4O2.C28H18F12O2.C28H22F8O2/c1-15-17(3)29(35)23-19(27(15)33)11-13-21(37-31(5,6)7)25(23)26-22(38-32(8,9)10)14-12-20-24(26)30(36)18(4)16(2)28(20)34;1-27(2,3)41-25-9(7-11(17(33)23(25)39)15(31)21(37)19(35)13(7)29)10-8-12(16(32)22(38)20(36)14(8)30)18(34)24(40)26(10)42-28(4,5)6;1-27(2,3)37-13-9-7-11-15(21(31)25(35)23(33)19(11)29)17(13)18-14(38-28(4,5)6)10-8-12-16(18)22(32)26(36)24(34)20(12)30/h11-14H,1-10H3;1-6H3;7-10H,1-6H3. The van der Waals surface area contributed by atoms with Gasteiger partial charge in [0.1, 0.15) is 79.9 Å². The summed E-state index contributed by atoms with van der Waals surface area (Å²) in [6.45, 7) is 33.5. The molecule has 630 valence electrons. The van der Waals surface area contributed by atoms with E-state index in [1.165, 1.54) is 81.4 Å². The van der Waals surface area contributed by atoms with Crippen molar-refractivity contribution in [1.29, 1.82) is 0 Å². The van der Waals surface area contributed by atoms with Gasteiger partial charge in [-0.25, -0.2) is 96.6 Å². The number of hydrogen-bond donors (Lipinski definition) is 0. The molecule has 0 aliphatic carbocycles. The largest absolute Gasteiger partial charge is 0.487 e. The number of ether oxygens (including phenoxy) is 6. The van der Waals surface area contributed by atoms with Crippen LogP contribution in [-0.2, 0) is 0 Å². The Bertz CT molecular complexity index is 5610. The molecule has 30 heteroatoms. The number of halogens is 24. The average Bonchev–Trinajstić information content (AvgIpc) is 0.727. The Hall–Kier alpha value is -10.7. The fraction of sp³-hybridized carbons (Fsp3) is 0.318. The van der Waals surface area contributed by atoms with Crippen molar-refractivity contribution in [3.05, 3.63) is 210 Å². The summed E-state index contributed by atoms with van der Waals surface area (Å²) in [5.74, 6) is -51.3. The van der Waals surface area contributed by atoms with Crippen LogP contribution in [0.3, 0.4) is 0 Å². The first-order valence-corrected chi connectivity index (χ1v) is 35.9. The Kier molecular flexibility index (Phi) is 23.5. The third kappa shape index (κ3) is 16.0. The first-order chi connectivity index (χ1) is 54.0. The predicted molar refractivity (Wildman–Crippen MR) is 401 cm³/mol. The zero-order chi connectivity index (χ0) is 88.9. The molecule has 0 fully saturated rings. The Balaban J connectivity index is 0.000000187. The van der Waals surface area contributed by atoms with E-state index in [0.29, 0.717) is 0 Å².